The van der Waals surface area contributed by atoms with Gasteiger partial charge in [0, 0.05) is 29.9 Å². The maximum absolute atomic E-state index is 12.3. The summed E-state index contributed by atoms with van der Waals surface area (Å²) in [6.07, 6.45) is 2.72. The molecule has 1 aliphatic rings. The van der Waals surface area contributed by atoms with Gasteiger partial charge in [0.2, 0.25) is 0 Å². The van der Waals surface area contributed by atoms with Crippen LogP contribution in [0, 0.1) is 0 Å². The standard InChI is InChI=1S/C16H18ClN3O2/c1-22-14(10-4-2-5-11(17)8-10)9-18-16(21)15-12-6-3-7-13(12)19-20-15/h2,4-5,8,14H,3,6-7,9H2,1H3,(H,18,21)(H,19,20)/t14-/m1/s1. The van der Waals surface area contributed by atoms with Crippen LogP contribution in [0.25, 0.3) is 0 Å². The molecule has 116 valence electrons. The smallest absolute Gasteiger partial charge is 0.272 e. The monoisotopic (exact) mass is 319 g/mol. The van der Waals surface area contributed by atoms with Crippen molar-refractivity contribution in [2.75, 3.05) is 13.7 Å². The zero-order valence-electron chi connectivity index (χ0n) is 12.4. The molecular weight excluding hydrogens is 302 g/mol. The average molecular weight is 320 g/mol. The summed E-state index contributed by atoms with van der Waals surface area (Å²) in [4.78, 5) is 12.3. The van der Waals surface area contributed by atoms with E-state index < -0.39 is 0 Å². The summed E-state index contributed by atoms with van der Waals surface area (Å²) in [5, 5.41) is 10.6. The van der Waals surface area contributed by atoms with E-state index in [2.05, 4.69) is 15.5 Å². The first-order valence-corrected chi connectivity index (χ1v) is 7.69. The van der Waals surface area contributed by atoms with E-state index in [1.54, 1.807) is 7.11 Å². The molecule has 0 saturated heterocycles. The first-order valence-electron chi connectivity index (χ1n) is 7.31. The second-order valence-electron chi connectivity index (χ2n) is 5.37. The van der Waals surface area contributed by atoms with Gasteiger partial charge in [-0.05, 0) is 37.0 Å². The molecule has 0 fully saturated rings. The number of hydrogen-bond donors (Lipinski definition) is 2. The number of carbonyl (C=O) groups is 1. The van der Waals surface area contributed by atoms with Crippen molar-refractivity contribution in [1.29, 1.82) is 0 Å². The molecule has 0 unspecified atom stereocenters. The van der Waals surface area contributed by atoms with Crippen molar-refractivity contribution in [2.45, 2.75) is 25.4 Å². The molecule has 1 aromatic carbocycles. The SMILES string of the molecule is CO[C@H](CNC(=O)c1n[nH]c2c1CCC2)c1cccc(Cl)c1. The second kappa shape index (κ2) is 6.50. The molecule has 1 atom stereocenters. The highest BCUT2D eigenvalue weighted by molar-refractivity contribution is 6.30. The van der Waals surface area contributed by atoms with E-state index in [0.717, 1.165) is 36.1 Å². The number of aromatic amines is 1. The zero-order chi connectivity index (χ0) is 15.5. The number of aryl methyl sites for hydroxylation is 1. The van der Waals surface area contributed by atoms with E-state index >= 15 is 0 Å². The van der Waals surface area contributed by atoms with Crippen molar-refractivity contribution in [2.24, 2.45) is 0 Å². The number of nitrogens with zero attached hydrogens (tertiary/aromatic N) is 1. The largest absolute Gasteiger partial charge is 0.375 e. The van der Waals surface area contributed by atoms with Crippen molar-refractivity contribution in [1.82, 2.24) is 15.5 Å². The summed E-state index contributed by atoms with van der Waals surface area (Å²) in [7, 11) is 1.62. The molecule has 6 heteroatoms. The van der Waals surface area contributed by atoms with Gasteiger partial charge in [-0.25, -0.2) is 0 Å². The molecule has 5 nitrogen and oxygen atoms in total. The van der Waals surface area contributed by atoms with Crippen molar-refractivity contribution >= 4 is 17.5 Å². The maximum atomic E-state index is 12.3. The van der Waals surface area contributed by atoms with Crippen LogP contribution in [0.3, 0.4) is 0 Å². The molecule has 0 bridgehead atoms. The number of ether oxygens (including phenoxy) is 1. The number of rotatable bonds is 5. The van der Waals surface area contributed by atoms with Gasteiger partial charge in [0.15, 0.2) is 5.69 Å². The molecule has 0 spiro atoms. The fourth-order valence-corrected chi connectivity index (χ4v) is 3.02. The Kier molecular flexibility index (Phi) is 4.45. The first kappa shape index (κ1) is 15.1. The van der Waals surface area contributed by atoms with Crippen LogP contribution in [0.4, 0.5) is 0 Å². The Morgan fingerprint density at radius 1 is 1.50 bits per heavy atom. The number of fused-ring (bicyclic) bond motifs is 1. The van der Waals surface area contributed by atoms with E-state index in [9.17, 15) is 4.79 Å². The molecule has 22 heavy (non-hydrogen) atoms. The predicted octanol–water partition coefficient (Wildman–Crippen LogP) is 2.67. The van der Waals surface area contributed by atoms with Gasteiger partial charge in [-0.2, -0.15) is 5.10 Å². The molecule has 1 amide bonds. The third-order valence-corrected chi connectivity index (χ3v) is 4.21. The summed E-state index contributed by atoms with van der Waals surface area (Å²) in [6, 6.07) is 7.45. The molecule has 0 radical (unpaired) electrons. The molecule has 1 heterocycles. The van der Waals surface area contributed by atoms with Crippen LogP contribution >= 0.6 is 11.6 Å². The third-order valence-electron chi connectivity index (χ3n) is 3.97. The number of halogens is 1. The fraction of sp³-hybridized carbons (Fsp3) is 0.375. The van der Waals surface area contributed by atoms with E-state index in [4.69, 9.17) is 16.3 Å². The van der Waals surface area contributed by atoms with Crippen LogP contribution in [0.2, 0.25) is 5.02 Å². The number of H-pyrrole nitrogens is 1. The Morgan fingerprint density at radius 3 is 3.14 bits per heavy atom. The lowest BCUT2D eigenvalue weighted by Crippen LogP contribution is -2.30. The first-order chi connectivity index (χ1) is 10.7. The number of carbonyl (C=O) groups excluding carboxylic acids is 1. The molecule has 2 aromatic rings. The number of hydrogen-bond acceptors (Lipinski definition) is 3. The zero-order valence-corrected chi connectivity index (χ0v) is 13.1. The fourth-order valence-electron chi connectivity index (χ4n) is 2.82. The lowest BCUT2D eigenvalue weighted by molar-refractivity contribution is 0.0823. The Bertz CT molecular complexity index is 684. The van der Waals surface area contributed by atoms with Crippen molar-refractivity contribution in [3.63, 3.8) is 0 Å². The van der Waals surface area contributed by atoms with Crippen LogP contribution in [-0.4, -0.2) is 29.8 Å². The normalized spacial score (nSPS) is 14.6. The van der Waals surface area contributed by atoms with E-state index in [1.165, 1.54) is 0 Å². The van der Waals surface area contributed by atoms with Gasteiger partial charge in [0.25, 0.3) is 5.91 Å². The molecular formula is C16H18ClN3O2. The number of methoxy groups -OCH3 is 1. The quantitative estimate of drug-likeness (QED) is 0.890. The van der Waals surface area contributed by atoms with Gasteiger partial charge in [-0.15, -0.1) is 0 Å². The Hall–Kier alpha value is -1.85. The highest BCUT2D eigenvalue weighted by Gasteiger charge is 2.23. The maximum Gasteiger partial charge on any atom is 0.272 e. The van der Waals surface area contributed by atoms with Crippen molar-refractivity contribution in [3.8, 4) is 0 Å². The van der Waals surface area contributed by atoms with Gasteiger partial charge in [-0.1, -0.05) is 23.7 Å². The Labute approximate surface area is 134 Å². The summed E-state index contributed by atoms with van der Waals surface area (Å²) in [5.74, 6) is -0.163. The number of aromatic nitrogens is 2. The predicted molar refractivity (Wildman–Crippen MR) is 84.1 cm³/mol. The average Bonchev–Trinajstić information content (AvgIpc) is 3.10. The second-order valence-corrected chi connectivity index (χ2v) is 5.81. The van der Waals surface area contributed by atoms with E-state index in [0.29, 0.717) is 17.3 Å². The van der Waals surface area contributed by atoms with Gasteiger partial charge in [-0.3, -0.25) is 9.89 Å². The molecule has 1 aliphatic carbocycles. The molecule has 0 saturated carbocycles. The highest BCUT2D eigenvalue weighted by Crippen LogP contribution is 2.23. The summed E-state index contributed by atoms with van der Waals surface area (Å²) in [5.41, 5.74) is 3.58. The van der Waals surface area contributed by atoms with Crippen molar-refractivity contribution in [3.05, 3.63) is 51.8 Å². The molecule has 2 N–H and O–H groups in total. The summed E-state index contributed by atoms with van der Waals surface area (Å²) >= 11 is 6.00. The summed E-state index contributed by atoms with van der Waals surface area (Å²) in [6.45, 7) is 0.372. The lowest BCUT2D eigenvalue weighted by Gasteiger charge is -2.16. The Balaban J connectivity index is 1.66. The number of nitrogens with one attached hydrogen (secondary N) is 2. The lowest BCUT2D eigenvalue weighted by atomic mass is 10.1. The highest BCUT2D eigenvalue weighted by atomic mass is 35.5. The van der Waals surface area contributed by atoms with Crippen LogP contribution in [0.15, 0.2) is 24.3 Å². The van der Waals surface area contributed by atoms with Crippen LogP contribution < -0.4 is 5.32 Å². The van der Waals surface area contributed by atoms with Gasteiger partial charge in [0.1, 0.15) is 0 Å². The molecule has 3 rings (SSSR count). The Morgan fingerprint density at radius 2 is 2.36 bits per heavy atom. The minimum absolute atomic E-state index is 0.163. The van der Waals surface area contributed by atoms with Gasteiger partial charge < -0.3 is 10.1 Å². The van der Waals surface area contributed by atoms with E-state index in [-0.39, 0.29) is 12.0 Å². The van der Waals surface area contributed by atoms with Crippen molar-refractivity contribution < 1.29 is 9.53 Å². The van der Waals surface area contributed by atoms with Crippen LogP contribution in [0.1, 0.15) is 39.8 Å². The van der Waals surface area contributed by atoms with Crippen LogP contribution in [0.5, 0.6) is 0 Å². The van der Waals surface area contributed by atoms with Gasteiger partial charge in [0.05, 0.1) is 6.10 Å². The minimum atomic E-state index is -0.241. The molecule has 0 aliphatic heterocycles. The van der Waals surface area contributed by atoms with Gasteiger partial charge >= 0.3 is 0 Å². The van der Waals surface area contributed by atoms with Crippen LogP contribution in [-0.2, 0) is 17.6 Å². The molecule has 1 aromatic heterocycles. The third kappa shape index (κ3) is 3.00. The summed E-state index contributed by atoms with van der Waals surface area (Å²) < 4.78 is 5.45. The minimum Gasteiger partial charge on any atom is -0.375 e. The number of benzene rings is 1. The number of amides is 1. The van der Waals surface area contributed by atoms with E-state index in [1.807, 2.05) is 24.3 Å². The topological polar surface area (TPSA) is 67.0 Å².